The zero-order valence-electron chi connectivity index (χ0n) is 17.4. The molecule has 0 N–H and O–H groups in total. The minimum Gasteiger partial charge on any atom is -0.497 e. The number of methoxy groups -OCH3 is 1. The van der Waals surface area contributed by atoms with Gasteiger partial charge in [0.25, 0.3) is 5.91 Å². The van der Waals surface area contributed by atoms with Crippen molar-refractivity contribution in [3.05, 3.63) is 58.6 Å². The zero-order chi connectivity index (χ0) is 21.5. The highest BCUT2D eigenvalue weighted by molar-refractivity contribution is 8.01. The maximum atomic E-state index is 13.9. The molecule has 1 atom stereocenters. The molecule has 2 heterocycles. The van der Waals surface area contributed by atoms with Crippen molar-refractivity contribution in [2.24, 2.45) is 5.92 Å². The third kappa shape index (κ3) is 3.36. The SMILES string of the molecule is COc1ccc2c(c1)[C@]1(SCCN1C(=O)CC(C)C)C(=O)N2Cc1ccccc1Cl. The molecule has 7 heteroatoms. The first-order valence-electron chi connectivity index (χ1n) is 10.1. The summed E-state index contributed by atoms with van der Waals surface area (Å²) in [5.41, 5.74) is 2.49. The van der Waals surface area contributed by atoms with Crippen LogP contribution in [0.15, 0.2) is 42.5 Å². The second-order valence-corrected chi connectivity index (χ2v) is 9.70. The van der Waals surface area contributed by atoms with Crippen molar-refractivity contribution in [2.45, 2.75) is 31.7 Å². The van der Waals surface area contributed by atoms with Gasteiger partial charge >= 0.3 is 0 Å². The Bertz CT molecular complexity index is 996. The molecular weight excluding hydrogens is 420 g/mol. The van der Waals surface area contributed by atoms with Crippen LogP contribution in [0.25, 0.3) is 0 Å². The number of ether oxygens (including phenoxy) is 1. The summed E-state index contributed by atoms with van der Waals surface area (Å²) in [6.45, 7) is 4.95. The lowest BCUT2D eigenvalue weighted by atomic mass is 10.0. The summed E-state index contributed by atoms with van der Waals surface area (Å²) in [7, 11) is 1.61. The van der Waals surface area contributed by atoms with Gasteiger partial charge in [-0.1, -0.05) is 43.6 Å². The Balaban J connectivity index is 1.81. The van der Waals surface area contributed by atoms with Crippen molar-refractivity contribution < 1.29 is 14.3 Å². The van der Waals surface area contributed by atoms with Crippen LogP contribution in [0.4, 0.5) is 5.69 Å². The summed E-state index contributed by atoms with van der Waals surface area (Å²) in [6, 6.07) is 13.2. The molecule has 1 fully saturated rings. The molecule has 4 rings (SSSR count). The summed E-state index contributed by atoms with van der Waals surface area (Å²) >= 11 is 7.91. The Morgan fingerprint density at radius 1 is 1.27 bits per heavy atom. The summed E-state index contributed by atoms with van der Waals surface area (Å²) in [6.07, 6.45) is 0.416. The van der Waals surface area contributed by atoms with E-state index in [4.69, 9.17) is 16.3 Å². The average Bonchev–Trinajstić information content (AvgIpc) is 3.26. The number of hydrogen-bond acceptors (Lipinski definition) is 4. The fraction of sp³-hybridized carbons (Fsp3) is 0.391. The lowest BCUT2D eigenvalue weighted by Crippen LogP contribution is -2.50. The third-order valence-corrected chi connectivity index (χ3v) is 7.36. The van der Waals surface area contributed by atoms with E-state index in [1.807, 2.05) is 56.3 Å². The number of nitrogens with zero attached hydrogens (tertiary/aromatic N) is 2. The van der Waals surface area contributed by atoms with Crippen molar-refractivity contribution in [1.29, 1.82) is 0 Å². The molecule has 0 unspecified atom stereocenters. The van der Waals surface area contributed by atoms with Gasteiger partial charge in [-0.05, 0) is 35.7 Å². The number of thioether (sulfide) groups is 1. The second kappa shape index (κ2) is 8.16. The van der Waals surface area contributed by atoms with Crippen molar-refractivity contribution in [3.63, 3.8) is 0 Å². The standard InChI is InChI=1S/C23H25ClN2O3S/c1-15(2)12-21(27)26-10-11-30-23(26)18-13-17(29-3)8-9-20(18)25(22(23)28)14-16-6-4-5-7-19(16)24/h4-9,13,15H,10-12,14H2,1-3H3/t23-/m0/s1. The number of anilines is 1. The van der Waals surface area contributed by atoms with Crippen molar-refractivity contribution in [1.82, 2.24) is 4.90 Å². The van der Waals surface area contributed by atoms with E-state index in [1.165, 1.54) is 11.8 Å². The largest absolute Gasteiger partial charge is 0.497 e. The van der Waals surface area contributed by atoms with E-state index in [9.17, 15) is 9.59 Å². The van der Waals surface area contributed by atoms with E-state index in [2.05, 4.69) is 0 Å². The van der Waals surface area contributed by atoms with Crippen LogP contribution in [0.2, 0.25) is 5.02 Å². The average molecular weight is 445 g/mol. The molecule has 2 aliphatic heterocycles. The molecule has 1 spiro atoms. The molecule has 0 saturated carbocycles. The summed E-state index contributed by atoms with van der Waals surface area (Å²) in [5.74, 6) is 1.53. The monoisotopic (exact) mass is 444 g/mol. The van der Waals surface area contributed by atoms with E-state index < -0.39 is 4.87 Å². The lowest BCUT2D eigenvalue weighted by molar-refractivity contribution is -0.140. The maximum Gasteiger partial charge on any atom is 0.268 e. The van der Waals surface area contributed by atoms with Crippen LogP contribution in [0.1, 0.15) is 31.4 Å². The number of halogens is 1. The number of fused-ring (bicyclic) bond motifs is 2. The molecule has 0 aliphatic carbocycles. The number of carbonyl (C=O) groups is 2. The van der Waals surface area contributed by atoms with Crippen LogP contribution in [-0.2, 0) is 21.0 Å². The minimum atomic E-state index is -1.04. The van der Waals surface area contributed by atoms with Crippen molar-refractivity contribution in [2.75, 3.05) is 24.3 Å². The van der Waals surface area contributed by atoms with E-state index in [0.29, 0.717) is 36.0 Å². The van der Waals surface area contributed by atoms with Gasteiger partial charge in [-0.3, -0.25) is 9.59 Å². The van der Waals surface area contributed by atoms with E-state index in [-0.39, 0.29) is 17.7 Å². The smallest absolute Gasteiger partial charge is 0.268 e. The molecule has 30 heavy (non-hydrogen) atoms. The normalized spacial score (nSPS) is 20.4. The Morgan fingerprint density at radius 2 is 2.03 bits per heavy atom. The van der Waals surface area contributed by atoms with Gasteiger partial charge < -0.3 is 14.5 Å². The highest BCUT2D eigenvalue weighted by atomic mass is 35.5. The number of rotatable bonds is 5. The number of benzene rings is 2. The molecule has 2 aromatic rings. The number of hydrogen-bond donors (Lipinski definition) is 0. The third-order valence-electron chi connectivity index (χ3n) is 5.57. The Labute approximate surface area is 186 Å². The first kappa shape index (κ1) is 21.1. The Kier molecular flexibility index (Phi) is 5.73. The number of carbonyl (C=O) groups excluding carboxylic acids is 2. The highest BCUT2D eigenvalue weighted by Crippen LogP contribution is 2.55. The van der Waals surface area contributed by atoms with Crippen LogP contribution in [0.3, 0.4) is 0 Å². The Hall–Kier alpha value is -2.18. The first-order valence-corrected chi connectivity index (χ1v) is 11.4. The second-order valence-electron chi connectivity index (χ2n) is 8.00. The number of amides is 2. The predicted molar refractivity (Wildman–Crippen MR) is 121 cm³/mol. The molecule has 1 saturated heterocycles. The van der Waals surface area contributed by atoms with Crippen LogP contribution < -0.4 is 9.64 Å². The van der Waals surface area contributed by atoms with Crippen molar-refractivity contribution in [3.8, 4) is 5.75 Å². The van der Waals surface area contributed by atoms with E-state index in [0.717, 1.165) is 16.8 Å². The molecule has 2 amide bonds. The van der Waals surface area contributed by atoms with Crippen LogP contribution >= 0.6 is 23.4 Å². The topological polar surface area (TPSA) is 49.9 Å². The highest BCUT2D eigenvalue weighted by Gasteiger charge is 2.59. The van der Waals surface area contributed by atoms with Gasteiger partial charge in [0.05, 0.1) is 19.3 Å². The summed E-state index contributed by atoms with van der Waals surface area (Å²) in [4.78, 5) is 29.5. The molecule has 0 radical (unpaired) electrons. The van der Waals surface area contributed by atoms with E-state index in [1.54, 1.807) is 16.9 Å². The summed E-state index contributed by atoms with van der Waals surface area (Å²) in [5, 5.41) is 0.619. The fourth-order valence-corrected chi connectivity index (χ4v) is 5.86. The van der Waals surface area contributed by atoms with Gasteiger partial charge in [0.2, 0.25) is 5.91 Å². The molecule has 5 nitrogen and oxygen atoms in total. The quantitative estimate of drug-likeness (QED) is 0.672. The molecule has 0 aromatic heterocycles. The molecule has 2 aliphatic rings. The fourth-order valence-electron chi connectivity index (χ4n) is 4.19. The van der Waals surface area contributed by atoms with Gasteiger partial charge in [-0.2, -0.15) is 0 Å². The molecule has 158 valence electrons. The van der Waals surface area contributed by atoms with Crippen LogP contribution in [0.5, 0.6) is 5.75 Å². The van der Waals surface area contributed by atoms with Crippen molar-refractivity contribution >= 4 is 40.9 Å². The van der Waals surface area contributed by atoms with Crippen LogP contribution in [0, 0.1) is 5.92 Å². The molecular formula is C23H25ClN2O3S. The van der Waals surface area contributed by atoms with Crippen LogP contribution in [-0.4, -0.2) is 36.1 Å². The lowest BCUT2D eigenvalue weighted by Gasteiger charge is -2.33. The van der Waals surface area contributed by atoms with E-state index >= 15 is 0 Å². The molecule has 2 aromatic carbocycles. The Morgan fingerprint density at radius 3 is 2.73 bits per heavy atom. The molecule has 0 bridgehead atoms. The minimum absolute atomic E-state index is 0.0108. The predicted octanol–water partition coefficient (Wildman–Crippen LogP) is 4.67. The first-order chi connectivity index (χ1) is 14.4. The van der Waals surface area contributed by atoms with Gasteiger partial charge in [0, 0.05) is 29.3 Å². The van der Waals surface area contributed by atoms with Gasteiger partial charge in [-0.15, -0.1) is 11.8 Å². The van der Waals surface area contributed by atoms with Gasteiger partial charge in [0.1, 0.15) is 5.75 Å². The zero-order valence-corrected chi connectivity index (χ0v) is 18.9. The van der Waals surface area contributed by atoms with Gasteiger partial charge in [0.15, 0.2) is 4.87 Å². The summed E-state index contributed by atoms with van der Waals surface area (Å²) < 4.78 is 5.45. The maximum absolute atomic E-state index is 13.9. The van der Waals surface area contributed by atoms with Gasteiger partial charge in [-0.25, -0.2) is 0 Å².